The van der Waals surface area contributed by atoms with E-state index >= 15 is 0 Å². The summed E-state index contributed by atoms with van der Waals surface area (Å²) in [6.45, 7) is 6.10. The molecule has 0 unspecified atom stereocenters. The summed E-state index contributed by atoms with van der Waals surface area (Å²) in [7, 11) is -3.84. The first-order chi connectivity index (χ1) is 24.7. The summed E-state index contributed by atoms with van der Waals surface area (Å²) in [5.74, 6) is -1.70. The molecule has 17 heteroatoms. The van der Waals surface area contributed by atoms with Crippen LogP contribution in [0.2, 0.25) is 5.15 Å². The number of nitrogens with zero attached hydrogens (tertiary/aromatic N) is 5. The number of anilines is 2. The van der Waals surface area contributed by atoms with Gasteiger partial charge in [-0.2, -0.15) is 0 Å². The molecule has 3 aliphatic rings. The van der Waals surface area contributed by atoms with Crippen LogP contribution < -0.4 is 16.8 Å². The molecule has 5 N–H and O–H groups in total. The van der Waals surface area contributed by atoms with Crippen LogP contribution in [-0.4, -0.2) is 103 Å². The number of carbonyl (C=O) groups is 4. The molecule has 3 heterocycles. The number of nitrogen functional groups attached to an aromatic ring is 2. The third-order valence-electron chi connectivity index (χ3n) is 10.3. The second kappa shape index (κ2) is 16.1. The molecule has 1 aromatic carbocycles. The molecule has 1 saturated carbocycles. The van der Waals surface area contributed by atoms with Crippen LogP contribution in [0.25, 0.3) is 0 Å². The van der Waals surface area contributed by atoms with Gasteiger partial charge in [-0.25, -0.2) is 18.4 Å². The second-order valence-corrected chi connectivity index (χ2v) is 16.5. The average molecular weight is 759 g/mol. The van der Waals surface area contributed by atoms with E-state index < -0.39 is 27.1 Å². The number of benzene rings is 1. The molecule has 52 heavy (non-hydrogen) atoms. The van der Waals surface area contributed by atoms with E-state index in [1.54, 1.807) is 21.9 Å². The highest BCUT2D eigenvalue weighted by atomic mass is 35.5. The largest absolute Gasteiger partial charge is 0.455 e. The van der Waals surface area contributed by atoms with Crippen molar-refractivity contribution in [3.8, 4) is 0 Å². The molecular weight excluding hydrogens is 712 g/mol. The van der Waals surface area contributed by atoms with Crippen molar-refractivity contribution in [2.75, 3.05) is 56.6 Å². The van der Waals surface area contributed by atoms with Crippen LogP contribution in [-0.2, 0) is 24.2 Å². The van der Waals surface area contributed by atoms with E-state index in [4.69, 9.17) is 27.8 Å². The Labute approximate surface area is 308 Å². The lowest BCUT2D eigenvalue weighted by Crippen LogP contribution is -2.44. The van der Waals surface area contributed by atoms with Crippen LogP contribution in [0.3, 0.4) is 0 Å². The molecule has 0 radical (unpaired) electrons. The minimum Gasteiger partial charge on any atom is -0.455 e. The normalized spacial score (nSPS) is 17.6. The van der Waals surface area contributed by atoms with Crippen molar-refractivity contribution in [3.63, 3.8) is 0 Å². The smallest absolute Gasteiger partial charge is 0.312 e. The zero-order chi connectivity index (χ0) is 37.7. The molecule has 3 amide bonds. The van der Waals surface area contributed by atoms with Gasteiger partial charge in [-0.3, -0.25) is 24.2 Å². The fourth-order valence-electron chi connectivity index (χ4n) is 7.02. The average Bonchev–Trinajstić information content (AvgIpc) is 3.49. The first-order valence-electron chi connectivity index (χ1n) is 17.7. The Hall–Kier alpha value is -4.31. The SMILES string of the molecule is CCCN(CCC)C(=O)COC(=O)C1(CCS(=O)(=O)c2cccc(C(=O)N3CCC4(CC3)CN=C(NC(=O)c3nc(Cl)c(N)nc3N)C4)c2)CCC1. The predicted octanol–water partition coefficient (Wildman–Crippen LogP) is 3.27. The number of carbonyl (C=O) groups excluding carboxylic acids is 4. The zero-order valence-electron chi connectivity index (χ0n) is 29.7. The van der Waals surface area contributed by atoms with Crippen molar-refractivity contribution in [2.45, 2.75) is 76.5 Å². The van der Waals surface area contributed by atoms with Crippen LogP contribution in [0.15, 0.2) is 34.2 Å². The highest BCUT2D eigenvalue weighted by Gasteiger charge is 2.46. The van der Waals surface area contributed by atoms with Gasteiger partial charge in [0.05, 0.1) is 16.1 Å². The van der Waals surface area contributed by atoms with Crippen LogP contribution in [0, 0.1) is 10.8 Å². The van der Waals surface area contributed by atoms with Crippen LogP contribution in [0.1, 0.15) is 92.5 Å². The molecule has 1 aliphatic carbocycles. The Balaban J connectivity index is 1.13. The number of esters is 1. The number of piperidine rings is 1. The van der Waals surface area contributed by atoms with Gasteiger partial charge < -0.3 is 31.3 Å². The number of aliphatic imine (C=N–C) groups is 1. The van der Waals surface area contributed by atoms with E-state index in [-0.39, 0.29) is 69.0 Å². The van der Waals surface area contributed by atoms with Gasteiger partial charge in [0.1, 0.15) is 5.84 Å². The Bertz CT molecular complexity index is 1840. The minimum atomic E-state index is -3.84. The molecule has 15 nitrogen and oxygen atoms in total. The van der Waals surface area contributed by atoms with Gasteiger partial charge in [-0.05, 0) is 63.1 Å². The molecular formula is C35H47ClN8O7S. The third kappa shape index (κ3) is 8.65. The number of hydrogen-bond donors (Lipinski definition) is 3. The molecule has 0 atom stereocenters. The highest BCUT2D eigenvalue weighted by Crippen LogP contribution is 2.46. The molecule has 2 fully saturated rings. The lowest BCUT2D eigenvalue weighted by Gasteiger charge is -2.39. The number of likely N-dealkylation sites (tertiary alicyclic amines) is 1. The monoisotopic (exact) mass is 758 g/mol. The Morgan fingerprint density at radius 2 is 1.71 bits per heavy atom. The Kier molecular flexibility index (Phi) is 12.1. The number of nitrogens with two attached hydrogens (primary N) is 2. The van der Waals surface area contributed by atoms with E-state index in [2.05, 4.69) is 20.3 Å². The van der Waals surface area contributed by atoms with Crippen molar-refractivity contribution >= 4 is 62.6 Å². The Morgan fingerprint density at radius 3 is 2.35 bits per heavy atom. The molecule has 282 valence electrons. The second-order valence-electron chi connectivity index (χ2n) is 14.0. The summed E-state index contributed by atoms with van der Waals surface area (Å²) in [6.07, 6.45) is 5.19. The summed E-state index contributed by atoms with van der Waals surface area (Å²) in [5, 5.41) is 2.61. The van der Waals surface area contributed by atoms with Gasteiger partial charge in [-0.1, -0.05) is 37.9 Å². The van der Waals surface area contributed by atoms with Crippen LogP contribution in [0.5, 0.6) is 0 Å². The fraction of sp³-hybridized carbons (Fsp3) is 0.571. The van der Waals surface area contributed by atoms with Gasteiger partial charge in [-0.15, -0.1) is 0 Å². The first kappa shape index (κ1) is 38.9. The number of halogens is 1. The molecule has 1 saturated heterocycles. The molecule has 1 aromatic heterocycles. The van der Waals surface area contributed by atoms with Crippen LogP contribution in [0.4, 0.5) is 11.6 Å². The standard InChI is InChI=1S/C35H47ClN8O7S/c1-3-14-43(15-4-2)26(45)21-51-33(48)35(9-6-10-35)13-18-52(49,50)24-8-5-7-23(19-24)32(47)44-16-11-34(12-17-44)20-25(39-22-34)40-31(46)27-29(37)42-30(38)28(36)41-27/h5,7-8,19H,3-4,6,9-18,20-22H2,1-2H3,(H4,37,38,42)(H,39,40,46). The number of sulfone groups is 1. The lowest BCUT2D eigenvalue weighted by atomic mass is 9.67. The van der Waals surface area contributed by atoms with Crippen molar-refractivity contribution in [1.82, 2.24) is 25.1 Å². The van der Waals surface area contributed by atoms with Gasteiger partial charge >= 0.3 is 5.97 Å². The quantitative estimate of drug-likeness (QED) is 0.252. The number of hydrogen-bond acceptors (Lipinski definition) is 12. The lowest BCUT2D eigenvalue weighted by molar-refractivity contribution is -0.166. The number of aromatic nitrogens is 2. The van der Waals surface area contributed by atoms with Crippen molar-refractivity contribution in [1.29, 1.82) is 0 Å². The highest BCUT2D eigenvalue weighted by molar-refractivity contribution is 7.91. The van der Waals surface area contributed by atoms with Gasteiger partial charge in [0.15, 0.2) is 38.9 Å². The third-order valence-corrected chi connectivity index (χ3v) is 12.3. The first-order valence-corrected chi connectivity index (χ1v) is 19.7. The Morgan fingerprint density at radius 1 is 1.02 bits per heavy atom. The van der Waals surface area contributed by atoms with E-state index in [9.17, 15) is 27.6 Å². The summed E-state index contributed by atoms with van der Waals surface area (Å²) in [4.78, 5) is 67.8. The van der Waals surface area contributed by atoms with Gasteiger partial charge in [0, 0.05) is 50.1 Å². The van der Waals surface area contributed by atoms with E-state index in [0.29, 0.717) is 70.7 Å². The number of rotatable bonds is 13. The number of nitrogens with one attached hydrogen (secondary N) is 1. The topological polar surface area (TPSA) is 220 Å². The maximum Gasteiger partial charge on any atom is 0.312 e. The molecule has 1 spiro atoms. The zero-order valence-corrected chi connectivity index (χ0v) is 31.2. The van der Waals surface area contributed by atoms with E-state index in [0.717, 1.165) is 19.3 Å². The maximum atomic E-state index is 13.6. The van der Waals surface area contributed by atoms with Crippen molar-refractivity contribution < 1.29 is 32.3 Å². The van der Waals surface area contributed by atoms with Gasteiger partial charge in [0.25, 0.3) is 17.7 Å². The molecule has 2 aromatic rings. The molecule has 5 rings (SSSR count). The molecule has 0 bridgehead atoms. The fourth-order valence-corrected chi connectivity index (χ4v) is 8.63. The minimum absolute atomic E-state index is 0.0110. The maximum absolute atomic E-state index is 13.6. The predicted molar refractivity (Wildman–Crippen MR) is 195 cm³/mol. The number of amidine groups is 1. The number of ether oxygens (including phenoxy) is 1. The molecule has 2 aliphatic heterocycles. The summed E-state index contributed by atoms with van der Waals surface area (Å²) >= 11 is 5.91. The van der Waals surface area contributed by atoms with Crippen molar-refractivity contribution in [3.05, 3.63) is 40.7 Å². The summed E-state index contributed by atoms with van der Waals surface area (Å²) in [6, 6.07) is 6.00. The van der Waals surface area contributed by atoms with Gasteiger partial charge in [0.2, 0.25) is 0 Å². The van der Waals surface area contributed by atoms with Crippen LogP contribution >= 0.6 is 11.6 Å². The summed E-state index contributed by atoms with van der Waals surface area (Å²) < 4.78 is 32.4. The van der Waals surface area contributed by atoms with E-state index in [1.165, 1.54) is 12.1 Å². The van der Waals surface area contributed by atoms with E-state index in [1.807, 2.05) is 13.8 Å². The number of amides is 3. The summed E-state index contributed by atoms with van der Waals surface area (Å²) in [5.41, 5.74) is 10.3. The van der Waals surface area contributed by atoms with Crippen molar-refractivity contribution in [2.24, 2.45) is 15.8 Å².